The Morgan fingerprint density at radius 3 is 2.63 bits per heavy atom. The average molecular weight is 402 g/mol. The quantitative estimate of drug-likeness (QED) is 0.415. The normalized spacial score (nSPS) is 15.7. The van der Waals surface area contributed by atoms with E-state index in [0.717, 1.165) is 18.4 Å². The highest BCUT2D eigenvalue weighted by Crippen LogP contribution is 2.33. The van der Waals surface area contributed by atoms with Crippen molar-refractivity contribution in [3.8, 4) is 11.3 Å². The monoisotopic (exact) mass is 402 g/mol. The Kier molecular flexibility index (Phi) is 6.10. The van der Waals surface area contributed by atoms with Crippen molar-refractivity contribution in [3.63, 3.8) is 0 Å². The summed E-state index contributed by atoms with van der Waals surface area (Å²) in [6, 6.07) is 9.95. The van der Waals surface area contributed by atoms with Gasteiger partial charge >= 0.3 is 5.97 Å². The molecular weight excluding hydrogens is 384 g/mol. The maximum absolute atomic E-state index is 12.5. The minimum Gasteiger partial charge on any atom is -0.478 e. The first-order valence-electron chi connectivity index (χ1n) is 8.38. The van der Waals surface area contributed by atoms with Gasteiger partial charge < -0.3 is 15.3 Å². The molecule has 0 aliphatic carbocycles. The molecule has 0 unspecified atom stereocenters. The molecule has 1 aliphatic heterocycles. The molecule has 3 N–H and O–H groups in total. The van der Waals surface area contributed by atoms with Crippen molar-refractivity contribution in [1.82, 2.24) is 4.90 Å². The number of nitrogens with two attached hydrogens (primary N) is 1. The zero-order chi connectivity index (χ0) is 19.4. The number of hydrogen-bond donors (Lipinski definition) is 2. The second-order valence-electron chi connectivity index (χ2n) is 5.91. The number of carboxylic acids is 1. The number of amides is 1. The van der Waals surface area contributed by atoms with Crippen molar-refractivity contribution in [2.75, 3.05) is 13.1 Å². The van der Waals surface area contributed by atoms with Gasteiger partial charge in [0.05, 0.1) is 10.5 Å². The first-order chi connectivity index (χ1) is 13.0. The number of nitrogens with zero attached hydrogens (tertiary/aromatic N) is 1. The van der Waals surface area contributed by atoms with Gasteiger partial charge in [0.15, 0.2) is 0 Å². The van der Waals surface area contributed by atoms with Crippen LogP contribution in [0.3, 0.4) is 0 Å². The second-order valence-corrected chi connectivity index (χ2v) is 7.59. The maximum atomic E-state index is 12.5. The number of carboxylic acid groups (broad SMARTS) is 1. The van der Waals surface area contributed by atoms with Crippen LogP contribution in [0.15, 0.2) is 45.7 Å². The van der Waals surface area contributed by atoms with Crippen LogP contribution in [0, 0.1) is 0 Å². The molecule has 0 saturated carbocycles. The lowest BCUT2D eigenvalue weighted by Crippen LogP contribution is -2.29. The Bertz CT molecular complexity index is 903. The van der Waals surface area contributed by atoms with Crippen molar-refractivity contribution in [2.45, 2.75) is 12.8 Å². The molecular formula is C19H18N2O4S2. The van der Waals surface area contributed by atoms with Gasteiger partial charge in [0, 0.05) is 18.2 Å². The smallest absolute Gasteiger partial charge is 0.335 e. The topological polar surface area (TPSA) is 96.8 Å². The summed E-state index contributed by atoms with van der Waals surface area (Å²) in [4.78, 5) is 25.6. The molecule has 6 nitrogen and oxygen atoms in total. The number of hydrogen-bond acceptors (Lipinski definition) is 6. The molecule has 8 heteroatoms. The highest BCUT2D eigenvalue weighted by Gasteiger charge is 2.31. The van der Waals surface area contributed by atoms with E-state index in [9.17, 15) is 9.59 Å². The third-order valence-electron chi connectivity index (χ3n) is 4.03. The van der Waals surface area contributed by atoms with Crippen molar-refractivity contribution in [2.24, 2.45) is 5.73 Å². The van der Waals surface area contributed by atoms with Gasteiger partial charge in [-0.25, -0.2) is 4.79 Å². The number of furan rings is 1. The molecule has 2 heterocycles. The van der Waals surface area contributed by atoms with Crippen LogP contribution < -0.4 is 5.73 Å². The van der Waals surface area contributed by atoms with Crippen molar-refractivity contribution in [1.29, 1.82) is 0 Å². The number of benzene rings is 1. The third kappa shape index (κ3) is 4.47. The molecule has 1 aromatic heterocycles. The van der Waals surface area contributed by atoms with Gasteiger partial charge in [0.2, 0.25) is 0 Å². The SMILES string of the molecule is NCCCCN1C(=O)C(=Cc2ccc(-c3ccc(C(=O)O)cc3)o2)SC1=S. The molecule has 140 valence electrons. The molecule has 1 saturated heterocycles. The molecule has 1 aromatic carbocycles. The Hall–Kier alpha value is -2.42. The molecule has 1 fully saturated rings. The molecule has 27 heavy (non-hydrogen) atoms. The minimum absolute atomic E-state index is 0.120. The fourth-order valence-corrected chi connectivity index (χ4v) is 3.89. The van der Waals surface area contributed by atoms with Crippen LogP contribution in [0.5, 0.6) is 0 Å². The fourth-order valence-electron chi connectivity index (χ4n) is 2.60. The second kappa shape index (κ2) is 8.51. The summed E-state index contributed by atoms with van der Waals surface area (Å²) in [5.41, 5.74) is 6.46. The standard InChI is InChI=1S/C19H18N2O4S2/c20-9-1-2-10-21-17(22)16(27-19(21)26)11-14-7-8-15(25-14)12-3-5-13(6-4-12)18(23)24/h3-8,11H,1-2,9-10,20H2,(H,23,24). The van der Waals surface area contributed by atoms with E-state index in [4.69, 9.17) is 27.5 Å². The number of aromatic carboxylic acids is 1. The number of thioether (sulfide) groups is 1. The fraction of sp³-hybridized carbons (Fsp3) is 0.211. The lowest BCUT2D eigenvalue weighted by atomic mass is 10.1. The number of thiocarbonyl (C=S) groups is 1. The molecule has 0 bridgehead atoms. The van der Waals surface area contributed by atoms with Gasteiger partial charge in [-0.3, -0.25) is 9.69 Å². The third-order valence-corrected chi connectivity index (χ3v) is 5.40. The van der Waals surface area contributed by atoms with Crippen LogP contribution in [0.2, 0.25) is 0 Å². The summed E-state index contributed by atoms with van der Waals surface area (Å²) in [7, 11) is 0. The van der Waals surface area contributed by atoms with E-state index in [-0.39, 0.29) is 11.5 Å². The summed E-state index contributed by atoms with van der Waals surface area (Å²) < 4.78 is 6.32. The zero-order valence-corrected chi connectivity index (χ0v) is 16.0. The predicted molar refractivity (Wildman–Crippen MR) is 109 cm³/mol. The maximum Gasteiger partial charge on any atom is 0.335 e. The van der Waals surface area contributed by atoms with Crippen molar-refractivity contribution >= 4 is 46.3 Å². The van der Waals surface area contributed by atoms with E-state index < -0.39 is 5.97 Å². The first kappa shape index (κ1) is 19.3. The first-order valence-corrected chi connectivity index (χ1v) is 9.61. The number of carbonyl (C=O) groups is 2. The van der Waals surface area contributed by atoms with E-state index in [2.05, 4.69) is 0 Å². The van der Waals surface area contributed by atoms with E-state index in [1.54, 1.807) is 35.2 Å². The lowest BCUT2D eigenvalue weighted by molar-refractivity contribution is -0.122. The van der Waals surface area contributed by atoms with E-state index in [1.807, 2.05) is 0 Å². The van der Waals surface area contributed by atoms with Crippen LogP contribution >= 0.6 is 24.0 Å². The Labute approximate surface area is 166 Å². The predicted octanol–water partition coefficient (Wildman–Crippen LogP) is 3.58. The van der Waals surface area contributed by atoms with E-state index >= 15 is 0 Å². The summed E-state index contributed by atoms with van der Waals surface area (Å²) in [5, 5.41) is 8.96. The van der Waals surface area contributed by atoms with E-state index in [0.29, 0.717) is 33.8 Å². The number of unbranched alkanes of at least 4 members (excludes halogenated alkanes) is 1. The summed E-state index contributed by atoms with van der Waals surface area (Å²) >= 11 is 6.55. The van der Waals surface area contributed by atoms with Crippen molar-refractivity contribution in [3.05, 3.63) is 52.6 Å². The summed E-state index contributed by atoms with van der Waals surface area (Å²) in [5.74, 6) is 0.0346. The Balaban J connectivity index is 1.74. The van der Waals surface area contributed by atoms with Crippen LogP contribution in [0.1, 0.15) is 29.0 Å². The average Bonchev–Trinajstić information content (AvgIpc) is 3.22. The molecule has 0 atom stereocenters. The molecule has 1 amide bonds. The van der Waals surface area contributed by atoms with Crippen LogP contribution in [-0.2, 0) is 4.79 Å². The Morgan fingerprint density at radius 1 is 1.22 bits per heavy atom. The van der Waals surface area contributed by atoms with Crippen LogP contribution in [-0.4, -0.2) is 39.3 Å². The number of carbonyl (C=O) groups excluding carboxylic acids is 1. The largest absolute Gasteiger partial charge is 0.478 e. The minimum atomic E-state index is -0.977. The highest BCUT2D eigenvalue weighted by atomic mass is 32.2. The van der Waals surface area contributed by atoms with E-state index in [1.165, 1.54) is 23.9 Å². The summed E-state index contributed by atoms with van der Waals surface area (Å²) in [6.45, 7) is 1.16. The highest BCUT2D eigenvalue weighted by molar-refractivity contribution is 8.26. The van der Waals surface area contributed by atoms with Gasteiger partial charge in [-0.1, -0.05) is 36.1 Å². The zero-order valence-electron chi connectivity index (χ0n) is 14.4. The molecule has 0 radical (unpaired) electrons. The molecule has 3 rings (SSSR count). The van der Waals surface area contributed by atoms with Gasteiger partial charge in [-0.2, -0.15) is 0 Å². The summed E-state index contributed by atoms with van der Waals surface area (Å²) in [6.07, 6.45) is 3.34. The molecule has 1 aliphatic rings. The molecule has 2 aromatic rings. The lowest BCUT2D eigenvalue weighted by Gasteiger charge is -2.13. The molecule has 0 spiro atoms. The van der Waals surface area contributed by atoms with Gasteiger partial charge in [-0.15, -0.1) is 0 Å². The van der Waals surface area contributed by atoms with Gasteiger partial charge in [-0.05, 0) is 43.7 Å². The van der Waals surface area contributed by atoms with Crippen molar-refractivity contribution < 1.29 is 19.1 Å². The van der Waals surface area contributed by atoms with Crippen LogP contribution in [0.25, 0.3) is 17.4 Å². The number of rotatable bonds is 7. The Morgan fingerprint density at radius 2 is 1.96 bits per heavy atom. The van der Waals surface area contributed by atoms with Crippen LogP contribution in [0.4, 0.5) is 0 Å². The van der Waals surface area contributed by atoms with Gasteiger partial charge in [0.25, 0.3) is 5.91 Å². The van der Waals surface area contributed by atoms with Gasteiger partial charge in [0.1, 0.15) is 15.8 Å².